The summed E-state index contributed by atoms with van der Waals surface area (Å²) >= 11 is 3.47. The molecule has 0 spiro atoms. The van der Waals surface area contributed by atoms with Crippen LogP contribution < -0.4 is 0 Å². The fourth-order valence-electron chi connectivity index (χ4n) is 4.22. The number of Topliss-reactive ketones (excluding diaryl/α,β-unsaturated/α-hetero) is 1. The lowest BCUT2D eigenvalue weighted by Gasteiger charge is -2.23. The summed E-state index contributed by atoms with van der Waals surface area (Å²) in [7, 11) is 1.62. The summed E-state index contributed by atoms with van der Waals surface area (Å²) < 4.78 is 8.07. The van der Waals surface area contributed by atoms with Crippen molar-refractivity contribution in [2.45, 2.75) is 25.4 Å². The predicted octanol–water partition coefficient (Wildman–Crippen LogP) is 4.32. The second-order valence-electron chi connectivity index (χ2n) is 7.58. The van der Waals surface area contributed by atoms with Gasteiger partial charge in [-0.1, -0.05) is 46.3 Å². The van der Waals surface area contributed by atoms with Crippen LogP contribution in [0.5, 0.6) is 5.75 Å². The van der Waals surface area contributed by atoms with Gasteiger partial charge in [-0.25, -0.2) is 4.52 Å². The highest BCUT2D eigenvalue weighted by atomic mass is 79.9. The molecule has 31 heavy (non-hydrogen) atoms. The highest BCUT2D eigenvalue weighted by Crippen LogP contribution is 2.37. The lowest BCUT2D eigenvalue weighted by Crippen LogP contribution is -2.24. The number of ketones is 1. The van der Waals surface area contributed by atoms with Crippen molar-refractivity contribution in [3.63, 3.8) is 0 Å². The van der Waals surface area contributed by atoms with Crippen LogP contribution in [0.3, 0.4) is 0 Å². The molecule has 0 aliphatic heterocycles. The lowest BCUT2D eigenvalue weighted by molar-refractivity contribution is 0.0955. The first-order chi connectivity index (χ1) is 15.1. The molecule has 1 atom stereocenters. The van der Waals surface area contributed by atoms with Gasteiger partial charge in [-0.05, 0) is 35.7 Å². The van der Waals surface area contributed by atoms with E-state index in [9.17, 15) is 9.90 Å². The van der Waals surface area contributed by atoms with E-state index in [1.165, 1.54) is 0 Å². The molecule has 4 aromatic rings. The minimum absolute atomic E-state index is 0.0992. The number of nitrogens with zero attached hydrogens (tertiary/aromatic N) is 4. The number of benzene rings is 2. The van der Waals surface area contributed by atoms with Crippen molar-refractivity contribution in [3.8, 4) is 16.9 Å². The van der Waals surface area contributed by atoms with Gasteiger partial charge in [0.1, 0.15) is 5.75 Å². The van der Waals surface area contributed by atoms with Gasteiger partial charge in [0.05, 0.1) is 23.6 Å². The van der Waals surface area contributed by atoms with Crippen molar-refractivity contribution in [2.24, 2.45) is 0 Å². The number of aromatic nitrogens is 4. The second-order valence-corrected chi connectivity index (χ2v) is 8.50. The average molecular weight is 479 g/mol. The van der Waals surface area contributed by atoms with E-state index in [4.69, 9.17) is 9.84 Å². The Balaban J connectivity index is 1.69. The molecule has 156 valence electrons. The van der Waals surface area contributed by atoms with Gasteiger partial charge in [-0.3, -0.25) is 4.79 Å². The van der Waals surface area contributed by atoms with Gasteiger partial charge in [0.15, 0.2) is 17.1 Å². The van der Waals surface area contributed by atoms with Gasteiger partial charge in [-0.15, -0.1) is 10.2 Å². The van der Waals surface area contributed by atoms with Crippen molar-refractivity contribution < 1.29 is 14.6 Å². The molecular weight excluding hydrogens is 460 g/mol. The number of para-hydroxylation sites is 1. The van der Waals surface area contributed by atoms with Crippen molar-refractivity contribution >= 4 is 27.4 Å². The molecule has 1 aliphatic rings. The molecule has 0 unspecified atom stereocenters. The van der Waals surface area contributed by atoms with Gasteiger partial charge < -0.3 is 9.84 Å². The van der Waals surface area contributed by atoms with Crippen LogP contribution in [-0.4, -0.2) is 37.8 Å². The molecule has 8 heteroatoms. The zero-order valence-electron chi connectivity index (χ0n) is 16.7. The molecule has 0 amide bonds. The summed E-state index contributed by atoms with van der Waals surface area (Å²) in [6.07, 6.45) is 0.801. The number of phenols is 1. The third-order valence-corrected chi connectivity index (χ3v) is 6.16. The quantitative estimate of drug-likeness (QED) is 0.469. The van der Waals surface area contributed by atoms with E-state index in [0.29, 0.717) is 30.1 Å². The minimum Gasteiger partial charge on any atom is -0.508 e. The van der Waals surface area contributed by atoms with Crippen LogP contribution in [0.25, 0.3) is 16.8 Å². The minimum atomic E-state index is -0.153. The monoisotopic (exact) mass is 478 g/mol. The number of ether oxygens (including phenoxy) is 1. The molecular formula is C23H19BrN4O3. The molecule has 0 saturated heterocycles. The summed E-state index contributed by atoms with van der Waals surface area (Å²) in [6.45, 7) is 0.306. The first kappa shape index (κ1) is 19.8. The second kappa shape index (κ2) is 7.86. The molecule has 1 N–H and O–H groups in total. The van der Waals surface area contributed by atoms with Crippen LogP contribution in [0.2, 0.25) is 0 Å². The number of carbonyl (C=O) groups excluding carboxylic acids is 1. The van der Waals surface area contributed by atoms with E-state index < -0.39 is 0 Å². The van der Waals surface area contributed by atoms with Gasteiger partial charge in [0, 0.05) is 23.9 Å². The van der Waals surface area contributed by atoms with E-state index >= 15 is 0 Å². The number of halogens is 1. The number of fused-ring (bicyclic) bond motifs is 3. The standard InChI is InChI=1S/C23H19BrN4O3/c1-31-12-17-21(13-6-8-15(24)9-7-13)23-26-25-22-18(28(23)27-17)10-14(11-20(22)30)16-4-2-3-5-19(16)29/h2-9,14,29H,10-12H2,1H3/t14-/m0/s1. The molecule has 0 saturated carbocycles. The predicted molar refractivity (Wildman–Crippen MR) is 118 cm³/mol. The smallest absolute Gasteiger partial charge is 0.185 e. The molecule has 0 fully saturated rings. The highest BCUT2D eigenvalue weighted by molar-refractivity contribution is 9.10. The van der Waals surface area contributed by atoms with Crippen LogP contribution in [0, 0.1) is 0 Å². The van der Waals surface area contributed by atoms with Crippen molar-refractivity contribution in [1.29, 1.82) is 0 Å². The molecule has 1 aliphatic carbocycles. The van der Waals surface area contributed by atoms with Crippen molar-refractivity contribution in [2.75, 3.05) is 7.11 Å². The summed E-state index contributed by atoms with van der Waals surface area (Å²) in [6, 6.07) is 15.0. The number of rotatable bonds is 4. The van der Waals surface area contributed by atoms with Crippen molar-refractivity contribution in [1.82, 2.24) is 19.8 Å². The topological polar surface area (TPSA) is 89.6 Å². The Kier molecular flexibility index (Phi) is 5.03. The third kappa shape index (κ3) is 3.41. The highest BCUT2D eigenvalue weighted by Gasteiger charge is 2.32. The third-order valence-electron chi connectivity index (χ3n) is 5.63. The first-order valence-electron chi connectivity index (χ1n) is 9.90. The Labute approximate surface area is 186 Å². The SMILES string of the molecule is COCc1nn2c3c(nnc2c1-c1ccc(Br)cc1)C(=O)C[C@@H](c1ccccc1O)C3. The molecule has 0 bridgehead atoms. The van der Waals surface area contributed by atoms with Gasteiger partial charge in [-0.2, -0.15) is 5.10 Å². The summed E-state index contributed by atoms with van der Waals surface area (Å²) in [5, 5.41) is 23.7. The Morgan fingerprint density at radius 2 is 1.90 bits per heavy atom. The normalized spacial score (nSPS) is 15.9. The van der Waals surface area contributed by atoms with E-state index in [0.717, 1.165) is 26.9 Å². The summed E-state index contributed by atoms with van der Waals surface area (Å²) in [5.74, 6) is -0.0595. The Bertz CT molecular complexity index is 1300. The van der Waals surface area contributed by atoms with Crippen LogP contribution in [0.15, 0.2) is 53.0 Å². The Hall–Kier alpha value is -3.10. The zero-order valence-corrected chi connectivity index (χ0v) is 18.3. The molecule has 0 radical (unpaired) electrons. The molecule has 5 rings (SSSR count). The lowest BCUT2D eigenvalue weighted by atomic mass is 9.83. The van der Waals surface area contributed by atoms with Crippen LogP contribution >= 0.6 is 15.9 Å². The van der Waals surface area contributed by atoms with Crippen LogP contribution in [-0.2, 0) is 17.8 Å². The maximum absolute atomic E-state index is 12.9. The zero-order chi connectivity index (χ0) is 21.5. The van der Waals surface area contributed by atoms with Crippen LogP contribution in [0.4, 0.5) is 0 Å². The number of methoxy groups -OCH3 is 1. The van der Waals surface area contributed by atoms with Gasteiger partial charge >= 0.3 is 0 Å². The fourth-order valence-corrected chi connectivity index (χ4v) is 4.48. The number of hydrogen-bond acceptors (Lipinski definition) is 6. The van der Waals surface area contributed by atoms with E-state index in [1.54, 1.807) is 23.8 Å². The molecule has 7 nitrogen and oxygen atoms in total. The maximum Gasteiger partial charge on any atom is 0.185 e. The summed E-state index contributed by atoms with van der Waals surface area (Å²) in [5.41, 5.74) is 4.89. The van der Waals surface area contributed by atoms with E-state index in [1.807, 2.05) is 36.4 Å². The average Bonchev–Trinajstić information content (AvgIpc) is 3.13. The number of aromatic hydroxyl groups is 1. The Morgan fingerprint density at radius 1 is 1.13 bits per heavy atom. The number of phenolic OH excluding ortho intramolecular Hbond substituents is 1. The fraction of sp³-hybridized carbons (Fsp3) is 0.217. The van der Waals surface area contributed by atoms with Gasteiger partial charge in [0.2, 0.25) is 0 Å². The Morgan fingerprint density at radius 3 is 2.65 bits per heavy atom. The number of carbonyl (C=O) groups is 1. The maximum atomic E-state index is 12.9. The van der Waals surface area contributed by atoms with E-state index in [2.05, 4.69) is 26.1 Å². The molecule has 2 aromatic heterocycles. The number of hydrogen-bond donors (Lipinski definition) is 1. The van der Waals surface area contributed by atoms with E-state index in [-0.39, 0.29) is 23.9 Å². The van der Waals surface area contributed by atoms with Crippen molar-refractivity contribution in [3.05, 3.63) is 75.6 Å². The molecule has 2 heterocycles. The first-order valence-corrected chi connectivity index (χ1v) is 10.7. The van der Waals surface area contributed by atoms with Crippen LogP contribution in [0.1, 0.15) is 39.8 Å². The largest absolute Gasteiger partial charge is 0.508 e. The molecule has 2 aromatic carbocycles. The van der Waals surface area contributed by atoms with Gasteiger partial charge in [0.25, 0.3) is 0 Å². The summed E-state index contributed by atoms with van der Waals surface area (Å²) in [4.78, 5) is 12.9.